The minimum atomic E-state index is 0.839. The summed E-state index contributed by atoms with van der Waals surface area (Å²) >= 11 is 14.3. The Balaban J connectivity index is 0.909. The summed E-state index contributed by atoms with van der Waals surface area (Å²) in [6.07, 6.45) is 2.85. The average molecular weight is 751 g/mol. The molecule has 0 saturated carbocycles. The average Bonchev–Trinajstić information content (AvgIpc) is 3.94. The molecule has 45 heavy (non-hydrogen) atoms. The molecule has 18 heteroatoms. The van der Waals surface area contributed by atoms with Gasteiger partial charge in [-0.3, -0.25) is 0 Å². The number of thioether (sulfide) groups is 1. The summed E-state index contributed by atoms with van der Waals surface area (Å²) in [5.74, 6) is 1.80. The molecule has 0 unspecified atom stereocenters. The van der Waals surface area contributed by atoms with Crippen molar-refractivity contribution in [3.8, 4) is 64.2 Å². The predicted octanol–water partition coefficient (Wildman–Crippen LogP) is 9.65. The van der Waals surface area contributed by atoms with Crippen LogP contribution in [0, 0.1) is 6.20 Å². The fourth-order valence-corrected chi connectivity index (χ4v) is 11.4. The molecule has 0 amide bonds. The highest BCUT2D eigenvalue weighted by Crippen LogP contribution is 2.40. The first-order valence-electron chi connectivity index (χ1n) is 12.8. The topological polar surface area (TPSA) is 106 Å². The number of nitrogens with zero attached hydrogens (tertiary/aromatic N) is 9. The molecule has 0 saturated heterocycles. The van der Waals surface area contributed by atoms with Crippen LogP contribution in [0.25, 0.3) is 69.9 Å². The third-order valence-corrected chi connectivity index (χ3v) is 13.6. The zero-order chi connectivity index (χ0) is 29.7. The van der Waals surface area contributed by atoms with E-state index < -0.39 is 0 Å². The molecule has 0 atom stereocenters. The zero-order valence-corrected chi connectivity index (χ0v) is 29.5. The van der Waals surface area contributed by atoms with Crippen molar-refractivity contribution < 1.29 is 0 Å². The summed E-state index contributed by atoms with van der Waals surface area (Å²) in [6, 6.07) is 0. The van der Waals surface area contributed by atoms with Crippen LogP contribution in [0.2, 0.25) is 0 Å². The minimum Gasteiger partial charge on any atom is -0.312 e. The Morgan fingerprint density at radius 1 is 0.533 bits per heavy atom. The molecule has 9 rings (SSSR count). The van der Waals surface area contributed by atoms with Crippen molar-refractivity contribution >= 4 is 114 Å². The second-order valence-electron chi connectivity index (χ2n) is 9.08. The molecule has 9 heterocycles. The molecule has 0 aliphatic carbocycles. The summed E-state index contributed by atoms with van der Waals surface area (Å²) in [5.41, 5.74) is 8.05. The summed E-state index contributed by atoms with van der Waals surface area (Å²) < 4.78 is 0. The van der Waals surface area contributed by atoms with Crippen LogP contribution in [0.1, 0.15) is 5.01 Å². The quantitative estimate of drug-likeness (QED) is 0.149. The molecule has 8 aromatic heterocycles. The highest BCUT2D eigenvalue weighted by Gasteiger charge is 2.24. The van der Waals surface area contributed by atoms with Crippen molar-refractivity contribution in [3.05, 3.63) is 65.2 Å². The van der Waals surface area contributed by atoms with E-state index in [4.69, 9.17) is 29.9 Å². The highest BCUT2D eigenvalue weighted by molar-refractivity contribution is 8.02. The Morgan fingerprint density at radius 3 is 1.44 bits per heavy atom. The first kappa shape index (κ1) is 28.2. The standard InChI is InChI=1S/C27H12N9S9/c1-2-39-21(28-1)13-3-40-22(30-13)14-4-41-23(31-14)15-5-42-24(32-15)16-6-43-25(33-16)17-7-44-26(34-17)18-8-45-27(35-18)19-9-38-12-36(19)20-10-37-11-29-20/h2-11H,12H2. The van der Waals surface area contributed by atoms with Crippen molar-refractivity contribution in [2.24, 2.45) is 0 Å². The van der Waals surface area contributed by atoms with Crippen molar-refractivity contribution in [1.29, 1.82) is 0 Å². The van der Waals surface area contributed by atoms with E-state index >= 15 is 0 Å². The molecule has 219 valence electrons. The van der Waals surface area contributed by atoms with E-state index in [1.807, 2.05) is 37.8 Å². The second kappa shape index (κ2) is 11.9. The molecule has 0 bridgehead atoms. The van der Waals surface area contributed by atoms with Crippen molar-refractivity contribution in [3.63, 3.8) is 0 Å². The summed E-state index contributed by atoms with van der Waals surface area (Å²) in [6.45, 7) is 0. The van der Waals surface area contributed by atoms with Gasteiger partial charge < -0.3 is 4.90 Å². The normalized spacial score (nSPS) is 13.2. The van der Waals surface area contributed by atoms with Crippen LogP contribution in [0.5, 0.6) is 0 Å². The van der Waals surface area contributed by atoms with Crippen LogP contribution < -0.4 is 4.90 Å². The van der Waals surface area contributed by atoms with Crippen LogP contribution in [0.4, 0.5) is 5.82 Å². The van der Waals surface area contributed by atoms with Gasteiger partial charge in [0.25, 0.3) is 0 Å². The Labute approximate surface area is 291 Å². The highest BCUT2D eigenvalue weighted by atomic mass is 32.2. The summed E-state index contributed by atoms with van der Waals surface area (Å²) in [5, 5.41) is 24.4. The Kier molecular flexibility index (Phi) is 7.48. The lowest BCUT2D eigenvalue weighted by Gasteiger charge is -2.16. The third kappa shape index (κ3) is 5.43. The summed E-state index contributed by atoms with van der Waals surface area (Å²) in [7, 11) is 0. The third-order valence-electron chi connectivity index (χ3n) is 6.33. The number of thiazole rings is 8. The minimum absolute atomic E-state index is 0.839. The smallest absolute Gasteiger partial charge is 0.144 e. The summed E-state index contributed by atoms with van der Waals surface area (Å²) in [4.78, 5) is 40.0. The molecule has 0 fully saturated rings. The van der Waals surface area contributed by atoms with E-state index in [0.29, 0.717) is 0 Å². The SMILES string of the molecule is [c]1csc(-c2csc(-c3csc(-c4csc(-c5csc(-c6csc(-c7csc(C8=CSCN8c8cscn8)n7)n6)n5)n4)n3)n2)n1. The molecular formula is C27H12N9S9. The lowest BCUT2D eigenvalue weighted by Crippen LogP contribution is -2.16. The van der Waals surface area contributed by atoms with Crippen molar-refractivity contribution in [2.45, 2.75) is 0 Å². The van der Waals surface area contributed by atoms with Gasteiger partial charge in [-0.05, 0) is 5.41 Å². The zero-order valence-electron chi connectivity index (χ0n) is 22.2. The fraction of sp³-hybridized carbons (Fsp3) is 0.0370. The largest absolute Gasteiger partial charge is 0.312 e. The van der Waals surface area contributed by atoms with E-state index in [1.165, 1.54) is 11.3 Å². The maximum atomic E-state index is 4.93. The van der Waals surface area contributed by atoms with Crippen LogP contribution in [0.3, 0.4) is 0 Å². The number of hydrogen-bond acceptors (Lipinski definition) is 18. The first-order valence-corrected chi connectivity index (χ1v) is 20.9. The van der Waals surface area contributed by atoms with Crippen LogP contribution in [-0.4, -0.2) is 45.7 Å². The van der Waals surface area contributed by atoms with Gasteiger partial charge in [0, 0.05) is 43.0 Å². The molecule has 8 aromatic rings. The van der Waals surface area contributed by atoms with Gasteiger partial charge in [0.2, 0.25) is 0 Å². The molecule has 0 aromatic carbocycles. The monoisotopic (exact) mass is 750 g/mol. The number of aromatic nitrogens is 8. The molecule has 0 N–H and O–H groups in total. The van der Waals surface area contributed by atoms with E-state index in [1.54, 1.807) is 91.1 Å². The fourth-order valence-electron chi connectivity index (χ4n) is 4.27. The van der Waals surface area contributed by atoms with Gasteiger partial charge >= 0.3 is 0 Å². The Bertz CT molecular complexity index is 2260. The first-order chi connectivity index (χ1) is 22.2. The maximum absolute atomic E-state index is 4.93. The van der Waals surface area contributed by atoms with Gasteiger partial charge in [-0.25, -0.2) is 39.9 Å². The van der Waals surface area contributed by atoms with Crippen molar-refractivity contribution in [2.75, 3.05) is 10.8 Å². The van der Waals surface area contributed by atoms with E-state index in [9.17, 15) is 0 Å². The van der Waals surface area contributed by atoms with Gasteiger partial charge in [0.05, 0.1) is 17.1 Å². The molecule has 1 radical (unpaired) electrons. The second-order valence-corrected chi connectivity index (χ2v) is 16.6. The van der Waals surface area contributed by atoms with Crippen LogP contribution >= 0.6 is 102 Å². The lowest BCUT2D eigenvalue weighted by molar-refractivity contribution is 1.14. The number of hydrogen-bond donors (Lipinski definition) is 0. The molecular weight excluding hydrogens is 739 g/mol. The van der Waals surface area contributed by atoms with Gasteiger partial charge in [-0.15, -0.1) is 102 Å². The molecule has 1 aliphatic rings. The van der Waals surface area contributed by atoms with E-state index in [-0.39, 0.29) is 0 Å². The molecule has 1 aliphatic heterocycles. The molecule has 9 nitrogen and oxygen atoms in total. The predicted molar refractivity (Wildman–Crippen MR) is 193 cm³/mol. The van der Waals surface area contributed by atoms with Gasteiger partial charge in [0.15, 0.2) is 0 Å². The van der Waals surface area contributed by atoms with Crippen LogP contribution in [-0.2, 0) is 0 Å². The maximum Gasteiger partial charge on any atom is 0.144 e. The number of rotatable bonds is 8. The van der Waals surface area contributed by atoms with Gasteiger partial charge in [0.1, 0.15) is 81.2 Å². The number of anilines is 1. The van der Waals surface area contributed by atoms with E-state index in [0.717, 1.165) is 86.6 Å². The molecule has 0 spiro atoms. The van der Waals surface area contributed by atoms with Gasteiger partial charge in [-0.1, -0.05) is 0 Å². The Morgan fingerprint density at radius 2 is 1.00 bits per heavy atom. The lowest BCUT2D eigenvalue weighted by atomic mass is 10.4. The van der Waals surface area contributed by atoms with Crippen LogP contribution in [0.15, 0.2) is 54.0 Å². The van der Waals surface area contributed by atoms with Crippen molar-refractivity contribution in [1.82, 2.24) is 39.9 Å². The van der Waals surface area contributed by atoms with E-state index in [2.05, 4.69) is 37.2 Å². The van der Waals surface area contributed by atoms with Gasteiger partial charge in [-0.2, -0.15) is 0 Å². The Hall–Kier alpha value is -3.07.